The fourth-order valence-corrected chi connectivity index (χ4v) is 0.595. The van der Waals surface area contributed by atoms with E-state index in [1.807, 2.05) is 6.92 Å². The van der Waals surface area contributed by atoms with Gasteiger partial charge in [-0.05, 0) is 6.92 Å². The van der Waals surface area contributed by atoms with Crippen LogP contribution in [0.25, 0.3) is 0 Å². The Morgan fingerprint density at radius 2 is 1.82 bits per heavy atom. The van der Waals surface area contributed by atoms with Crippen LogP contribution in [0.3, 0.4) is 0 Å². The van der Waals surface area contributed by atoms with Gasteiger partial charge in [0.2, 0.25) is 0 Å². The molecule has 0 amide bonds. The fraction of sp³-hybridized carbons (Fsp3) is 0.600. The zero-order valence-corrected chi connectivity index (χ0v) is 7.81. The Hall–Kier alpha value is -0.320. The quantitative estimate of drug-likeness (QED) is 0.753. The zero-order valence-electron chi connectivity index (χ0n) is 6.17. The first-order chi connectivity index (χ1) is 4.29. The minimum absolute atomic E-state index is 0. The molecule has 1 rings (SSSR count). The Morgan fingerprint density at radius 1 is 1.36 bits per heavy atom. The molecule has 0 bridgehead atoms. The maximum absolute atomic E-state index is 5.48. The average molecular weight is 199 g/mol. The summed E-state index contributed by atoms with van der Waals surface area (Å²) in [5.74, 6) is 0. The van der Waals surface area contributed by atoms with Crippen LogP contribution in [-0.4, -0.2) is 21.0 Å². The predicted octanol–water partition coefficient (Wildman–Crippen LogP) is 0.469. The van der Waals surface area contributed by atoms with Crippen molar-refractivity contribution < 1.29 is 0 Å². The summed E-state index contributed by atoms with van der Waals surface area (Å²) in [6.07, 6.45) is 3.28. The second kappa shape index (κ2) is 6.39. The molecule has 0 aromatic carbocycles. The van der Waals surface area contributed by atoms with E-state index in [0.29, 0.717) is 6.54 Å². The van der Waals surface area contributed by atoms with Crippen LogP contribution >= 0.6 is 24.8 Å². The van der Waals surface area contributed by atoms with Crippen molar-refractivity contribution in [2.45, 2.75) is 19.5 Å². The van der Waals surface area contributed by atoms with Crippen molar-refractivity contribution >= 4 is 24.8 Å². The third kappa shape index (κ3) is 5.01. The van der Waals surface area contributed by atoms with Crippen molar-refractivity contribution in [1.29, 1.82) is 0 Å². The van der Waals surface area contributed by atoms with Gasteiger partial charge in [-0.15, -0.1) is 24.8 Å². The van der Waals surface area contributed by atoms with Crippen molar-refractivity contribution in [2.24, 2.45) is 5.73 Å². The predicted molar refractivity (Wildman–Crippen MR) is 48.2 cm³/mol. The van der Waals surface area contributed by atoms with Gasteiger partial charge < -0.3 is 5.73 Å². The summed E-state index contributed by atoms with van der Waals surface area (Å²) in [5.41, 5.74) is 5.48. The molecule has 1 atom stereocenters. The lowest BCUT2D eigenvalue weighted by atomic mass is 10.4. The normalized spacial score (nSPS) is 11.1. The lowest BCUT2D eigenvalue weighted by molar-refractivity contribution is 0.482. The molecule has 0 unspecified atom stereocenters. The molecule has 0 radical (unpaired) electrons. The molecule has 66 valence electrons. The van der Waals surface area contributed by atoms with Gasteiger partial charge >= 0.3 is 0 Å². The van der Waals surface area contributed by atoms with E-state index >= 15 is 0 Å². The number of aromatic nitrogens is 3. The van der Waals surface area contributed by atoms with Crippen molar-refractivity contribution in [3.05, 3.63) is 12.4 Å². The Kier molecular flexibility index (Phi) is 7.72. The highest BCUT2D eigenvalue weighted by Crippen LogP contribution is 1.81. The molecule has 0 aliphatic heterocycles. The molecule has 1 aromatic heterocycles. The summed E-state index contributed by atoms with van der Waals surface area (Å²) in [5, 5.41) is 7.76. The Bertz CT molecular complexity index is 163. The summed E-state index contributed by atoms with van der Waals surface area (Å²) in [7, 11) is 0. The maximum Gasteiger partial charge on any atom is 0.0755 e. The van der Waals surface area contributed by atoms with Crippen molar-refractivity contribution in [3.8, 4) is 0 Å². The van der Waals surface area contributed by atoms with Crippen LogP contribution < -0.4 is 5.73 Å². The van der Waals surface area contributed by atoms with Gasteiger partial charge in [0.15, 0.2) is 0 Å². The van der Waals surface area contributed by atoms with Crippen LogP contribution in [0.1, 0.15) is 6.92 Å². The SMILES string of the molecule is C[C@@H](N)Cn1nccn1.Cl.Cl. The van der Waals surface area contributed by atoms with Gasteiger partial charge in [-0.25, -0.2) is 0 Å². The highest BCUT2D eigenvalue weighted by Gasteiger charge is 1.94. The number of nitrogens with two attached hydrogens (primary N) is 1. The molecule has 0 saturated heterocycles. The summed E-state index contributed by atoms with van der Waals surface area (Å²) in [4.78, 5) is 1.57. The lowest BCUT2D eigenvalue weighted by Crippen LogP contribution is -2.23. The number of hydrogen-bond acceptors (Lipinski definition) is 3. The van der Waals surface area contributed by atoms with Crippen molar-refractivity contribution in [3.63, 3.8) is 0 Å². The molecule has 0 saturated carbocycles. The molecular formula is C5H12Cl2N4. The number of halogens is 2. The first kappa shape index (κ1) is 13.3. The Balaban J connectivity index is 0. The molecule has 1 heterocycles. The summed E-state index contributed by atoms with van der Waals surface area (Å²) < 4.78 is 0. The number of hydrogen-bond donors (Lipinski definition) is 1. The standard InChI is InChI=1S/C5H10N4.2ClH/c1-5(6)4-9-7-2-3-8-9;;/h2-3,5H,4,6H2,1H3;2*1H/t5-;;/m1../s1. The van der Waals surface area contributed by atoms with E-state index in [9.17, 15) is 0 Å². The Labute approximate surface area is 78.0 Å². The van der Waals surface area contributed by atoms with Crippen LogP contribution in [-0.2, 0) is 6.54 Å². The van der Waals surface area contributed by atoms with Crippen molar-refractivity contribution in [2.75, 3.05) is 0 Å². The third-order valence-electron chi connectivity index (χ3n) is 0.918. The number of nitrogens with zero attached hydrogens (tertiary/aromatic N) is 3. The first-order valence-corrected chi connectivity index (χ1v) is 2.88. The minimum atomic E-state index is 0. The van der Waals surface area contributed by atoms with E-state index in [1.54, 1.807) is 17.2 Å². The van der Waals surface area contributed by atoms with Gasteiger partial charge in [0.25, 0.3) is 0 Å². The highest BCUT2D eigenvalue weighted by molar-refractivity contribution is 5.85. The maximum atomic E-state index is 5.48. The van der Waals surface area contributed by atoms with E-state index in [1.165, 1.54) is 0 Å². The summed E-state index contributed by atoms with van der Waals surface area (Å²) in [6.45, 7) is 2.61. The highest BCUT2D eigenvalue weighted by atomic mass is 35.5. The van der Waals surface area contributed by atoms with E-state index in [-0.39, 0.29) is 30.9 Å². The molecule has 0 spiro atoms. The average Bonchev–Trinajstić information content (AvgIpc) is 2.15. The molecule has 1 aromatic rings. The summed E-state index contributed by atoms with van der Waals surface area (Å²) >= 11 is 0. The largest absolute Gasteiger partial charge is 0.326 e. The van der Waals surface area contributed by atoms with Crippen LogP contribution in [0.5, 0.6) is 0 Å². The third-order valence-corrected chi connectivity index (χ3v) is 0.918. The van der Waals surface area contributed by atoms with Crippen LogP contribution in [0.2, 0.25) is 0 Å². The van der Waals surface area contributed by atoms with Gasteiger partial charge in [0, 0.05) is 6.04 Å². The molecule has 4 nitrogen and oxygen atoms in total. The monoisotopic (exact) mass is 198 g/mol. The first-order valence-electron chi connectivity index (χ1n) is 2.88. The molecule has 2 N–H and O–H groups in total. The molecule has 11 heavy (non-hydrogen) atoms. The smallest absolute Gasteiger partial charge is 0.0755 e. The van der Waals surface area contributed by atoms with Gasteiger partial charge in [-0.2, -0.15) is 15.0 Å². The van der Waals surface area contributed by atoms with Crippen molar-refractivity contribution in [1.82, 2.24) is 15.0 Å². The van der Waals surface area contributed by atoms with Crippen LogP contribution in [0.4, 0.5) is 0 Å². The zero-order chi connectivity index (χ0) is 6.69. The molecule has 0 aliphatic rings. The Morgan fingerprint density at radius 3 is 2.18 bits per heavy atom. The lowest BCUT2D eigenvalue weighted by Gasteiger charge is -2.01. The topological polar surface area (TPSA) is 56.7 Å². The van der Waals surface area contributed by atoms with E-state index in [2.05, 4.69) is 10.2 Å². The van der Waals surface area contributed by atoms with Gasteiger partial charge in [0.05, 0.1) is 18.9 Å². The van der Waals surface area contributed by atoms with Gasteiger partial charge in [-0.3, -0.25) is 0 Å². The second-order valence-electron chi connectivity index (χ2n) is 2.06. The molecule has 6 heteroatoms. The minimum Gasteiger partial charge on any atom is -0.326 e. The van der Waals surface area contributed by atoms with E-state index in [0.717, 1.165) is 0 Å². The van der Waals surface area contributed by atoms with E-state index in [4.69, 9.17) is 5.73 Å². The van der Waals surface area contributed by atoms with E-state index < -0.39 is 0 Å². The second-order valence-corrected chi connectivity index (χ2v) is 2.06. The fourth-order valence-electron chi connectivity index (χ4n) is 0.595. The van der Waals surface area contributed by atoms with Crippen LogP contribution in [0.15, 0.2) is 12.4 Å². The molecule has 0 fully saturated rings. The molecular weight excluding hydrogens is 187 g/mol. The number of rotatable bonds is 2. The van der Waals surface area contributed by atoms with Crippen LogP contribution in [0, 0.1) is 0 Å². The summed E-state index contributed by atoms with van der Waals surface area (Å²) in [6, 6.07) is 0.123. The molecule has 0 aliphatic carbocycles. The van der Waals surface area contributed by atoms with Gasteiger partial charge in [-0.1, -0.05) is 0 Å². The van der Waals surface area contributed by atoms with Gasteiger partial charge in [0.1, 0.15) is 0 Å².